The number of amides is 1. The van der Waals surface area contributed by atoms with Gasteiger partial charge < -0.3 is 4.74 Å². The number of nitrogens with one attached hydrogen (secondary N) is 1. The molecule has 1 N–H and O–H groups in total. The molecule has 7 heteroatoms. The molecule has 0 bridgehead atoms. The number of hydrogen-bond donors (Lipinski definition) is 1. The Kier molecular flexibility index (Phi) is 6.93. The molecule has 0 fully saturated rings. The van der Waals surface area contributed by atoms with E-state index in [1.807, 2.05) is 67.6 Å². The van der Waals surface area contributed by atoms with Gasteiger partial charge >= 0.3 is 0 Å². The molecule has 0 saturated heterocycles. The Morgan fingerprint density at radius 2 is 1.74 bits per heavy atom. The molecule has 170 valence electrons. The van der Waals surface area contributed by atoms with Crippen LogP contribution in [0.2, 0.25) is 0 Å². The van der Waals surface area contributed by atoms with Gasteiger partial charge in [-0.2, -0.15) is 5.10 Å². The van der Waals surface area contributed by atoms with E-state index < -0.39 is 10.8 Å². The normalized spacial score (nSPS) is 11.0. The standard InChI is InChI=1S/C27H23N3O4/c1-19-10-12-20(13-11-19)18-34-26-15-14-21-6-2-4-8-23(21)24(26)17-28-29-27(31)16-22-7-3-5-9-25(22)30(32)33/h2-15,17H,16,18H2,1H3,(H,29,31). The number of hydrogen-bond acceptors (Lipinski definition) is 5. The highest BCUT2D eigenvalue weighted by Gasteiger charge is 2.15. The molecule has 1 amide bonds. The molecule has 4 aromatic carbocycles. The van der Waals surface area contributed by atoms with Crippen molar-refractivity contribution in [2.75, 3.05) is 0 Å². The fraction of sp³-hybridized carbons (Fsp3) is 0.111. The smallest absolute Gasteiger partial charge is 0.273 e. The Labute approximate surface area is 196 Å². The number of fused-ring (bicyclic) bond motifs is 1. The van der Waals surface area contributed by atoms with Gasteiger partial charge in [-0.3, -0.25) is 14.9 Å². The van der Waals surface area contributed by atoms with Gasteiger partial charge in [0.2, 0.25) is 5.91 Å². The summed E-state index contributed by atoms with van der Waals surface area (Å²) >= 11 is 0. The van der Waals surface area contributed by atoms with Crippen LogP contribution in [0.3, 0.4) is 0 Å². The number of nitro benzene ring substituents is 1. The number of nitrogens with zero attached hydrogens (tertiary/aromatic N) is 2. The van der Waals surface area contributed by atoms with Crippen LogP contribution in [0.4, 0.5) is 5.69 Å². The number of hydrazone groups is 1. The highest BCUT2D eigenvalue weighted by molar-refractivity contribution is 6.02. The van der Waals surface area contributed by atoms with Crippen molar-refractivity contribution in [1.82, 2.24) is 5.43 Å². The van der Waals surface area contributed by atoms with Crippen molar-refractivity contribution in [3.8, 4) is 5.75 Å². The van der Waals surface area contributed by atoms with Crippen molar-refractivity contribution in [1.29, 1.82) is 0 Å². The van der Waals surface area contributed by atoms with Gasteiger partial charge in [0.25, 0.3) is 5.69 Å². The zero-order chi connectivity index (χ0) is 23.9. The maximum atomic E-state index is 12.4. The summed E-state index contributed by atoms with van der Waals surface area (Å²) in [4.78, 5) is 23.1. The first-order chi connectivity index (χ1) is 16.5. The predicted molar refractivity (Wildman–Crippen MR) is 132 cm³/mol. The first-order valence-corrected chi connectivity index (χ1v) is 10.8. The molecule has 0 spiro atoms. The second kappa shape index (κ2) is 10.4. The van der Waals surface area contributed by atoms with E-state index in [2.05, 4.69) is 10.5 Å². The van der Waals surface area contributed by atoms with Crippen molar-refractivity contribution in [2.45, 2.75) is 20.0 Å². The van der Waals surface area contributed by atoms with Gasteiger partial charge in [-0.1, -0.05) is 78.4 Å². The van der Waals surface area contributed by atoms with Crippen LogP contribution in [0.15, 0.2) is 90.0 Å². The maximum absolute atomic E-state index is 12.4. The number of ether oxygens (including phenoxy) is 1. The summed E-state index contributed by atoms with van der Waals surface area (Å²) in [6.07, 6.45) is 1.39. The van der Waals surface area contributed by atoms with Crippen LogP contribution in [0.25, 0.3) is 10.8 Å². The van der Waals surface area contributed by atoms with Crippen molar-refractivity contribution in [3.05, 3.63) is 117 Å². The third-order valence-corrected chi connectivity index (χ3v) is 5.37. The first-order valence-electron chi connectivity index (χ1n) is 10.8. The van der Waals surface area contributed by atoms with Gasteiger partial charge in [0, 0.05) is 17.2 Å². The van der Waals surface area contributed by atoms with Crippen LogP contribution >= 0.6 is 0 Å². The van der Waals surface area contributed by atoms with Crippen molar-refractivity contribution in [2.24, 2.45) is 5.10 Å². The molecule has 0 aliphatic rings. The van der Waals surface area contributed by atoms with E-state index in [4.69, 9.17) is 4.74 Å². The van der Waals surface area contributed by atoms with Crippen LogP contribution in [0.1, 0.15) is 22.3 Å². The minimum atomic E-state index is -0.500. The molecular formula is C27H23N3O4. The molecule has 0 aliphatic carbocycles. The van der Waals surface area contributed by atoms with E-state index in [1.165, 1.54) is 11.6 Å². The summed E-state index contributed by atoms with van der Waals surface area (Å²) in [6.45, 7) is 2.43. The topological polar surface area (TPSA) is 93.8 Å². The van der Waals surface area contributed by atoms with E-state index in [1.54, 1.807) is 24.4 Å². The summed E-state index contributed by atoms with van der Waals surface area (Å²) in [6, 6.07) is 26.0. The van der Waals surface area contributed by atoms with Crippen LogP contribution in [-0.2, 0) is 17.8 Å². The molecule has 4 rings (SSSR count). The lowest BCUT2D eigenvalue weighted by atomic mass is 10.0. The van der Waals surface area contributed by atoms with Crippen molar-refractivity contribution >= 4 is 28.6 Å². The van der Waals surface area contributed by atoms with Gasteiger partial charge in [-0.15, -0.1) is 0 Å². The highest BCUT2D eigenvalue weighted by atomic mass is 16.6. The van der Waals surface area contributed by atoms with Crippen LogP contribution in [0.5, 0.6) is 5.75 Å². The average molecular weight is 453 g/mol. The first kappa shape index (κ1) is 22.7. The summed E-state index contributed by atoms with van der Waals surface area (Å²) in [7, 11) is 0. The summed E-state index contributed by atoms with van der Waals surface area (Å²) < 4.78 is 6.09. The number of benzene rings is 4. The van der Waals surface area contributed by atoms with Gasteiger partial charge in [-0.05, 0) is 29.3 Å². The molecule has 0 unspecified atom stereocenters. The van der Waals surface area contributed by atoms with E-state index in [-0.39, 0.29) is 12.1 Å². The van der Waals surface area contributed by atoms with Gasteiger partial charge in [0.05, 0.1) is 17.6 Å². The molecule has 0 aromatic heterocycles. The monoisotopic (exact) mass is 453 g/mol. The van der Waals surface area contributed by atoms with Gasteiger partial charge in [0.15, 0.2) is 0 Å². The van der Waals surface area contributed by atoms with Crippen LogP contribution in [-0.4, -0.2) is 17.0 Å². The Morgan fingerprint density at radius 3 is 2.53 bits per heavy atom. The van der Waals surface area contributed by atoms with E-state index >= 15 is 0 Å². The average Bonchev–Trinajstić information content (AvgIpc) is 2.84. The quantitative estimate of drug-likeness (QED) is 0.222. The molecule has 7 nitrogen and oxygen atoms in total. The lowest BCUT2D eigenvalue weighted by molar-refractivity contribution is -0.385. The second-order valence-electron chi connectivity index (χ2n) is 7.83. The van der Waals surface area contributed by atoms with E-state index in [0.29, 0.717) is 17.9 Å². The zero-order valence-electron chi connectivity index (χ0n) is 18.6. The number of para-hydroxylation sites is 1. The Hall–Kier alpha value is -4.52. The summed E-state index contributed by atoms with van der Waals surface area (Å²) in [5.41, 5.74) is 5.65. The predicted octanol–water partition coefficient (Wildman–Crippen LogP) is 5.33. The molecule has 0 heterocycles. The number of aryl methyl sites for hydroxylation is 1. The van der Waals surface area contributed by atoms with Gasteiger partial charge in [-0.25, -0.2) is 5.43 Å². The Morgan fingerprint density at radius 1 is 1.00 bits per heavy atom. The molecule has 0 radical (unpaired) electrons. The highest BCUT2D eigenvalue weighted by Crippen LogP contribution is 2.27. The largest absolute Gasteiger partial charge is 0.488 e. The molecule has 0 aliphatic heterocycles. The number of rotatable bonds is 8. The fourth-order valence-corrected chi connectivity index (χ4v) is 3.60. The van der Waals surface area contributed by atoms with Crippen LogP contribution in [0, 0.1) is 17.0 Å². The van der Waals surface area contributed by atoms with Gasteiger partial charge in [0.1, 0.15) is 12.4 Å². The van der Waals surface area contributed by atoms with Crippen molar-refractivity contribution < 1.29 is 14.5 Å². The SMILES string of the molecule is Cc1ccc(COc2ccc3ccccc3c2C=NNC(=O)Cc2ccccc2[N+](=O)[O-])cc1. The zero-order valence-corrected chi connectivity index (χ0v) is 18.6. The number of carbonyl (C=O) groups excluding carboxylic acids is 1. The maximum Gasteiger partial charge on any atom is 0.273 e. The minimum absolute atomic E-state index is 0.0949. The Bertz CT molecular complexity index is 1360. The molecule has 0 atom stereocenters. The van der Waals surface area contributed by atoms with Crippen molar-refractivity contribution in [3.63, 3.8) is 0 Å². The number of nitro groups is 1. The van der Waals surface area contributed by atoms with E-state index in [9.17, 15) is 14.9 Å². The third kappa shape index (κ3) is 5.45. The second-order valence-corrected chi connectivity index (χ2v) is 7.83. The lowest BCUT2D eigenvalue weighted by Gasteiger charge is -2.12. The lowest BCUT2D eigenvalue weighted by Crippen LogP contribution is -2.20. The Balaban J connectivity index is 1.53. The third-order valence-electron chi connectivity index (χ3n) is 5.37. The number of carbonyl (C=O) groups is 1. The van der Waals surface area contributed by atoms with Crippen LogP contribution < -0.4 is 10.2 Å². The molecule has 34 heavy (non-hydrogen) atoms. The van der Waals surface area contributed by atoms with E-state index in [0.717, 1.165) is 21.9 Å². The molecular weight excluding hydrogens is 430 g/mol. The fourth-order valence-electron chi connectivity index (χ4n) is 3.60. The molecule has 0 saturated carbocycles. The summed E-state index contributed by atoms with van der Waals surface area (Å²) in [5, 5.41) is 17.2. The minimum Gasteiger partial charge on any atom is -0.488 e. The summed E-state index contributed by atoms with van der Waals surface area (Å²) in [5.74, 6) is 0.184. The molecule has 4 aromatic rings.